The van der Waals surface area contributed by atoms with Crippen LogP contribution in [0.25, 0.3) is 0 Å². The van der Waals surface area contributed by atoms with Crippen molar-refractivity contribution < 1.29 is 8.42 Å². The first kappa shape index (κ1) is 15.6. The van der Waals surface area contributed by atoms with Crippen molar-refractivity contribution in [2.24, 2.45) is 5.84 Å². The van der Waals surface area contributed by atoms with Gasteiger partial charge in [0.05, 0.1) is 0 Å². The summed E-state index contributed by atoms with van der Waals surface area (Å²) < 4.78 is 27.5. The highest BCUT2D eigenvalue weighted by Crippen LogP contribution is 2.28. The molecule has 1 fully saturated rings. The zero-order valence-corrected chi connectivity index (χ0v) is 13.0. The molecule has 4 N–H and O–H groups in total. The van der Waals surface area contributed by atoms with Gasteiger partial charge in [0.25, 0.3) is 0 Å². The summed E-state index contributed by atoms with van der Waals surface area (Å²) in [6.07, 6.45) is 7.53. The van der Waals surface area contributed by atoms with Gasteiger partial charge in [-0.25, -0.2) is 24.0 Å². The zero-order valence-electron chi connectivity index (χ0n) is 11.4. The van der Waals surface area contributed by atoms with E-state index in [0.717, 1.165) is 19.3 Å². The third kappa shape index (κ3) is 3.63. The number of pyridine rings is 1. The number of sulfonamides is 1. The lowest BCUT2D eigenvalue weighted by Gasteiger charge is -2.30. The lowest BCUT2D eigenvalue weighted by atomic mass is 9.96. The first-order valence-corrected chi connectivity index (χ1v) is 9.31. The molecular formula is C12H20N4O2S2. The highest BCUT2D eigenvalue weighted by atomic mass is 32.2. The van der Waals surface area contributed by atoms with E-state index < -0.39 is 10.0 Å². The van der Waals surface area contributed by atoms with Crippen molar-refractivity contribution in [3.63, 3.8) is 0 Å². The van der Waals surface area contributed by atoms with Crippen LogP contribution < -0.4 is 16.0 Å². The van der Waals surface area contributed by atoms with E-state index in [9.17, 15) is 8.42 Å². The minimum Gasteiger partial charge on any atom is -0.308 e. The summed E-state index contributed by atoms with van der Waals surface area (Å²) in [6, 6.07) is 3.04. The normalized spacial score (nSPS) is 23.5. The van der Waals surface area contributed by atoms with Gasteiger partial charge in [0.1, 0.15) is 10.7 Å². The fraction of sp³-hybridized carbons (Fsp3) is 0.583. The quantitative estimate of drug-likeness (QED) is 0.560. The molecule has 2 unspecified atom stereocenters. The van der Waals surface area contributed by atoms with Crippen LogP contribution in [0.4, 0.5) is 5.82 Å². The Morgan fingerprint density at radius 3 is 2.70 bits per heavy atom. The molecule has 20 heavy (non-hydrogen) atoms. The Kier molecular flexibility index (Phi) is 5.25. The Hall–Kier alpha value is -0.830. The van der Waals surface area contributed by atoms with Crippen molar-refractivity contribution in [3.8, 4) is 0 Å². The number of rotatable bonds is 5. The number of nitrogens with two attached hydrogens (primary N) is 1. The molecule has 2 rings (SSSR count). The summed E-state index contributed by atoms with van der Waals surface area (Å²) in [5, 5.41) is 0.344. The Bertz CT molecular complexity index is 533. The Labute approximate surface area is 123 Å². The molecule has 0 aliphatic heterocycles. The van der Waals surface area contributed by atoms with Crippen molar-refractivity contribution in [1.29, 1.82) is 0 Å². The van der Waals surface area contributed by atoms with E-state index in [4.69, 9.17) is 5.84 Å². The number of hydrogen-bond donors (Lipinski definition) is 3. The molecule has 1 heterocycles. The van der Waals surface area contributed by atoms with Gasteiger partial charge in [-0.1, -0.05) is 12.8 Å². The summed E-state index contributed by atoms with van der Waals surface area (Å²) in [7, 11) is -3.52. The maximum atomic E-state index is 12.3. The van der Waals surface area contributed by atoms with Crippen LogP contribution in [0.2, 0.25) is 0 Å². The Morgan fingerprint density at radius 1 is 1.35 bits per heavy atom. The Balaban J connectivity index is 2.12. The van der Waals surface area contributed by atoms with Gasteiger partial charge in [0.15, 0.2) is 0 Å². The van der Waals surface area contributed by atoms with Crippen molar-refractivity contribution in [1.82, 2.24) is 9.71 Å². The third-order valence-electron chi connectivity index (χ3n) is 3.51. The SMILES string of the molecule is CSC1CCCCC1NS(=O)(=O)c1ccc(NN)nc1. The average Bonchev–Trinajstić information content (AvgIpc) is 2.47. The molecule has 1 aliphatic rings. The molecule has 1 aromatic heterocycles. The average molecular weight is 316 g/mol. The molecule has 112 valence electrons. The number of hydrogen-bond acceptors (Lipinski definition) is 6. The van der Waals surface area contributed by atoms with Crippen LogP contribution in [0, 0.1) is 0 Å². The Morgan fingerprint density at radius 2 is 2.10 bits per heavy atom. The first-order chi connectivity index (χ1) is 9.56. The van der Waals surface area contributed by atoms with Crippen molar-refractivity contribution in [2.75, 3.05) is 11.7 Å². The van der Waals surface area contributed by atoms with Gasteiger partial charge in [0, 0.05) is 17.5 Å². The van der Waals surface area contributed by atoms with Gasteiger partial charge >= 0.3 is 0 Å². The smallest absolute Gasteiger partial charge is 0.242 e. The van der Waals surface area contributed by atoms with Crippen molar-refractivity contribution in [2.45, 2.75) is 41.9 Å². The van der Waals surface area contributed by atoms with Gasteiger partial charge in [-0.2, -0.15) is 11.8 Å². The number of anilines is 1. The molecule has 0 radical (unpaired) electrons. The molecule has 0 spiro atoms. The largest absolute Gasteiger partial charge is 0.308 e. The van der Waals surface area contributed by atoms with Gasteiger partial charge in [-0.05, 0) is 31.2 Å². The summed E-state index contributed by atoms with van der Waals surface area (Å²) in [5.41, 5.74) is 2.37. The standard InChI is InChI=1S/C12H20N4O2S2/c1-19-11-5-3-2-4-10(11)16-20(17,18)9-6-7-12(15-13)14-8-9/h6-8,10-11,16H,2-5,13H2,1H3,(H,14,15). The first-order valence-electron chi connectivity index (χ1n) is 6.54. The minimum atomic E-state index is -3.52. The van der Waals surface area contributed by atoms with E-state index in [2.05, 4.69) is 15.1 Å². The molecule has 1 saturated carbocycles. The zero-order chi connectivity index (χ0) is 14.6. The minimum absolute atomic E-state index is 0.00365. The van der Waals surface area contributed by atoms with E-state index in [1.807, 2.05) is 6.26 Å². The predicted octanol–water partition coefficient (Wildman–Crippen LogP) is 1.32. The van der Waals surface area contributed by atoms with Crippen molar-refractivity contribution in [3.05, 3.63) is 18.3 Å². The van der Waals surface area contributed by atoms with Gasteiger partial charge in [-0.3, -0.25) is 0 Å². The third-order valence-corrected chi connectivity index (χ3v) is 6.15. The molecule has 1 aliphatic carbocycles. The molecule has 6 nitrogen and oxygen atoms in total. The number of nitrogens with zero attached hydrogens (tertiary/aromatic N) is 1. The fourth-order valence-corrected chi connectivity index (χ4v) is 4.68. The molecule has 2 atom stereocenters. The number of nitrogens with one attached hydrogen (secondary N) is 2. The van der Waals surface area contributed by atoms with Crippen molar-refractivity contribution >= 4 is 27.6 Å². The second-order valence-electron chi connectivity index (χ2n) is 4.81. The maximum Gasteiger partial charge on any atom is 0.242 e. The molecule has 0 saturated heterocycles. The number of thioether (sulfide) groups is 1. The summed E-state index contributed by atoms with van der Waals surface area (Å²) in [6.45, 7) is 0. The van der Waals surface area contributed by atoms with E-state index in [1.165, 1.54) is 18.7 Å². The predicted molar refractivity (Wildman–Crippen MR) is 81.9 cm³/mol. The second kappa shape index (κ2) is 6.75. The highest BCUT2D eigenvalue weighted by Gasteiger charge is 2.29. The second-order valence-corrected chi connectivity index (χ2v) is 7.60. The van der Waals surface area contributed by atoms with Crippen LogP contribution in [0.1, 0.15) is 25.7 Å². The molecule has 0 amide bonds. The van der Waals surface area contributed by atoms with Crippen LogP contribution in [-0.4, -0.2) is 30.9 Å². The number of aromatic nitrogens is 1. The number of hydrazine groups is 1. The van der Waals surface area contributed by atoms with E-state index in [0.29, 0.717) is 11.1 Å². The number of nitrogen functional groups attached to an aromatic ring is 1. The lowest BCUT2D eigenvalue weighted by molar-refractivity contribution is 0.423. The van der Waals surface area contributed by atoms with Crippen LogP contribution in [0.5, 0.6) is 0 Å². The topological polar surface area (TPSA) is 97.1 Å². The molecule has 0 aromatic carbocycles. The molecular weight excluding hydrogens is 296 g/mol. The molecule has 1 aromatic rings. The summed E-state index contributed by atoms with van der Waals surface area (Å²) >= 11 is 1.73. The van der Waals surface area contributed by atoms with Gasteiger partial charge in [-0.15, -0.1) is 0 Å². The molecule has 8 heteroatoms. The monoisotopic (exact) mass is 316 g/mol. The summed E-state index contributed by atoms with van der Waals surface area (Å²) in [5.74, 6) is 5.65. The van der Waals surface area contributed by atoms with Crippen LogP contribution in [0.3, 0.4) is 0 Å². The van der Waals surface area contributed by atoms with Gasteiger partial charge in [0.2, 0.25) is 10.0 Å². The van der Waals surface area contributed by atoms with Crippen LogP contribution in [0.15, 0.2) is 23.2 Å². The van der Waals surface area contributed by atoms with E-state index >= 15 is 0 Å². The van der Waals surface area contributed by atoms with E-state index in [-0.39, 0.29) is 10.9 Å². The maximum absolute atomic E-state index is 12.3. The van der Waals surface area contributed by atoms with Crippen LogP contribution in [-0.2, 0) is 10.0 Å². The highest BCUT2D eigenvalue weighted by molar-refractivity contribution is 7.99. The lowest BCUT2D eigenvalue weighted by Crippen LogP contribution is -2.43. The van der Waals surface area contributed by atoms with Gasteiger partial charge < -0.3 is 5.43 Å². The van der Waals surface area contributed by atoms with Crippen LogP contribution >= 0.6 is 11.8 Å². The summed E-state index contributed by atoms with van der Waals surface area (Å²) in [4.78, 5) is 4.10. The molecule has 0 bridgehead atoms. The van der Waals surface area contributed by atoms with E-state index in [1.54, 1.807) is 17.8 Å². The fourth-order valence-electron chi connectivity index (χ4n) is 2.41.